The molecule has 0 spiro atoms. The van der Waals surface area contributed by atoms with Gasteiger partial charge in [-0.15, -0.1) is 0 Å². The van der Waals surface area contributed by atoms with Gasteiger partial charge in [0.25, 0.3) is 0 Å². The molecule has 0 atom stereocenters. The molecule has 0 unspecified atom stereocenters. The first-order valence-corrected chi connectivity index (χ1v) is 7.78. The molecule has 0 saturated carbocycles. The summed E-state index contributed by atoms with van der Waals surface area (Å²) in [6.45, 7) is 0. The van der Waals surface area contributed by atoms with E-state index in [0.29, 0.717) is 5.92 Å². The van der Waals surface area contributed by atoms with Crippen LogP contribution in [0, 0.1) is 3.57 Å². The van der Waals surface area contributed by atoms with Crippen LogP contribution < -0.4 is 0 Å². The average molecular weight is 370 g/mol. The second-order valence-electron chi connectivity index (χ2n) is 4.78. The van der Waals surface area contributed by atoms with Gasteiger partial charge in [-0.05, 0) is 45.3 Å². The highest BCUT2D eigenvalue weighted by molar-refractivity contribution is 14.1. The highest BCUT2D eigenvalue weighted by atomic mass is 127. The molecular weight excluding hydrogens is 355 g/mol. The largest absolute Gasteiger partial charge is 0.0622 e. The van der Waals surface area contributed by atoms with E-state index < -0.39 is 0 Å². The van der Waals surface area contributed by atoms with Crippen LogP contribution in [0.15, 0.2) is 84.9 Å². The Hall–Kier alpha value is -1.61. The van der Waals surface area contributed by atoms with Crippen LogP contribution in [0.5, 0.6) is 0 Å². The van der Waals surface area contributed by atoms with Gasteiger partial charge in [0.15, 0.2) is 0 Å². The fraction of sp³-hybridized carbons (Fsp3) is 0.0526. The lowest BCUT2D eigenvalue weighted by molar-refractivity contribution is 0.969. The van der Waals surface area contributed by atoms with E-state index in [0.717, 1.165) is 0 Å². The lowest BCUT2D eigenvalue weighted by atomic mass is 9.85. The molecule has 0 aliphatic rings. The van der Waals surface area contributed by atoms with E-state index in [2.05, 4.69) is 108 Å². The first kappa shape index (κ1) is 13.4. The van der Waals surface area contributed by atoms with E-state index in [9.17, 15) is 0 Å². The Bertz CT molecular complexity index is 635. The molecule has 0 aliphatic heterocycles. The van der Waals surface area contributed by atoms with E-state index in [1.807, 2.05) is 0 Å². The number of halogens is 1. The molecule has 3 aromatic rings. The van der Waals surface area contributed by atoms with Gasteiger partial charge in [-0.3, -0.25) is 0 Å². The standard InChI is InChI=1S/C19H15I/c20-18-14-8-7-13-17(18)19(15-9-3-1-4-10-15)16-11-5-2-6-12-16/h1-14,19H. The molecule has 0 bridgehead atoms. The van der Waals surface area contributed by atoms with Gasteiger partial charge in [0.1, 0.15) is 0 Å². The van der Waals surface area contributed by atoms with Crippen LogP contribution in [0.4, 0.5) is 0 Å². The number of rotatable bonds is 3. The maximum absolute atomic E-state index is 2.43. The van der Waals surface area contributed by atoms with Crippen molar-refractivity contribution in [2.45, 2.75) is 5.92 Å². The Kier molecular flexibility index (Phi) is 4.16. The Morgan fingerprint density at radius 3 is 1.50 bits per heavy atom. The smallest absolute Gasteiger partial charge is 0.0350 e. The zero-order valence-corrected chi connectivity index (χ0v) is 13.2. The minimum Gasteiger partial charge on any atom is -0.0622 e. The topological polar surface area (TPSA) is 0 Å². The molecule has 0 nitrogen and oxygen atoms in total. The van der Waals surface area contributed by atoms with Crippen molar-refractivity contribution in [3.63, 3.8) is 0 Å². The fourth-order valence-corrected chi connectivity index (χ4v) is 3.25. The van der Waals surface area contributed by atoms with E-state index in [1.54, 1.807) is 0 Å². The molecule has 98 valence electrons. The van der Waals surface area contributed by atoms with Crippen molar-refractivity contribution in [1.82, 2.24) is 0 Å². The lowest BCUT2D eigenvalue weighted by Crippen LogP contribution is -2.04. The SMILES string of the molecule is Ic1ccccc1C(c1ccccc1)c1ccccc1. The van der Waals surface area contributed by atoms with Crippen molar-refractivity contribution in [3.05, 3.63) is 105 Å². The van der Waals surface area contributed by atoms with Crippen LogP contribution in [-0.4, -0.2) is 0 Å². The molecular formula is C19H15I. The molecule has 0 radical (unpaired) electrons. The third-order valence-electron chi connectivity index (χ3n) is 3.48. The summed E-state index contributed by atoms with van der Waals surface area (Å²) in [5, 5.41) is 0. The van der Waals surface area contributed by atoms with Crippen molar-refractivity contribution < 1.29 is 0 Å². The van der Waals surface area contributed by atoms with Crippen LogP contribution >= 0.6 is 22.6 Å². The molecule has 1 heteroatoms. The normalized spacial score (nSPS) is 10.7. The van der Waals surface area contributed by atoms with E-state index in [4.69, 9.17) is 0 Å². The molecule has 20 heavy (non-hydrogen) atoms. The lowest BCUT2D eigenvalue weighted by Gasteiger charge is -2.20. The highest BCUT2D eigenvalue weighted by Crippen LogP contribution is 2.34. The van der Waals surface area contributed by atoms with Crippen LogP contribution in [0.3, 0.4) is 0 Å². The fourth-order valence-electron chi connectivity index (χ4n) is 2.55. The van der Waals surface area contributed by atoms with Crippen LogP contribution in [-0.2, 0) is 0 Å². The van der Waals surface area contributed by atoms with Gasteiger partial charge in [-0.1, -0.05) is 78.9 Å². The molecule has 0 saturated heterocycles. The Labute approximate surface area is 133 Å². The van der Waals surface area contributed by atoms with E-state index >= 15 is 0 Å². The van der Waals surface area contributed by atoms with Crippen molar-refractivity contribution in [1.29, 1.82) is 0 Å². The van der Waals surface area contributed by atoms with Crippen LogP contribution in [0.1, 0.15) is 22.6 Å². The van der Waals surface area contributed by atoms with Gasteiger partial charge >= 0.3 is 0 Å². The molecule has 0 fully saturated rings. The second kappa shape index (κ2) is 6.23. The van der Waals surface area contributed by atoms with Crippen LogP contribution in [0.25, 0.3) is 0 Å². The van der Waals surface area contributed by atoms with Crippen molar-refractivity contribution >= 4 is 22.6 Å². The van der Waals surface area contributed by atoms with E-state index in [1.165, 1.54) is 20.3 Å². The van der Waals surface area contributed by atoms with Crippen molar-refractivity contribution in [2.75, 3.05) is 0 Å². The minimum absolute atomic E-state index is 0.297. The summed E-state index contributed by atoms with van der Waals surface area (Å²) in [4.78, 5) is 0. The Morgan fingerprint density at radius 2 is 1.00 bits per heavy atom. The van der Waals surface area contributed by atoms with Gasteiger partial charge in [-0.2, -0.15) is 0 Å². The molecule has 0 N–H and O–H groups in total. The predicted octanol–water partition coefficient (Wildman–Crippen LogP) is 5.47. The van der Waals surface area contributed by atoms with Gasteiger partial charge in [0.2, 0.25) is 0 Å². The third kappa shape index (κ3) is 2.78. The van der Waals surface area contributed by atoms with Gasteiger partial charge in [0, 0.05) is 9.49 Å². The first-order chi connectivity index (χ1) is 9.86. The van der Waals surface area contributed by atoms with Gasteiger partial charge in [0.05, 0.1) is 0 Å². The van der Waals surface area contributed by atoms with Crippen molar-refractivity contribution in [3.8, 4) is 0 Å². The molecule has 0 aromatic heterocycles. The van der Waals surface area contributed by atoms with Gasteiger partial charge in [-0.25, -0.2) is 0 Å². The summed E-state index contributed by atoms with van der Waals surface area (Å²) >= 11 is 2.43. The molecule has 3 rings (SSSR count). The summed E-state index contributed by atoms with van der Waals surface area (Å²) in [6, 6.07) is 30.0. The Balaban J connectivity index is 2.17. The number of hydrogen-bond donors (Lipinski definition) is 0. The second-order valence-corrected chi connectivity index (χ2v) is 5.94. The minimum atomic E-state index is 0.297. The summed E-state index contributed by atoms with van der Waals surface area (Å²) in [5.41, 5.74) is 4.04. The molecule has 0 aliphatic carbocycles. The molecule has 0 heterocycles. The van der Waals surface area contributed by atoms with Crippen LogP contribution in [0.2, 0.25) is 0 Å². The van der Waals surface area contributed by atoms with E-state index in [-0.39, 0.29) is 0 Å². The first-order valence-electron chi connectivity index (χ1n) is 6.70. The third-order valence-corrected chi connectivity index (χ3v) is 4.46. The molecule has 3 aromatic carbocycles. The highest BCUT2D eigenvalue weighted by Gasteiger charge is 2.18. The maximum atomic E-state index is 2.43. The summed E-state index contributed by atoms with van der Waals surface area (Å²) in [6.07, 6.45) is 0. The zero-order chi connectivity index (χ0) is 13.8. The van der Waals surface area contributed by atoms with Gasteiger partial charge < -0.3 is 0 Å². The number of benzene rings is 3. The summed E-state index contributed by atoms with van der Waals surface area (Å²) < 4.78 is 1.31. The zero-order valence-electron chi connectivity index (χ0n) is 11.0. The monoisotopic (exact) mass is 370 g/mol. The maximum Gasteiger partial charge on any atom is 0.0350 e. The predicted molar refractivity (Wildman–Crippen MR) is 93.0 cm³/mol. The average Bonchev–Trinajstić information content (AvgIpc) is 2.52. The molecule has 0 amide bonds. The Morgan fingerprint density at radius 1 is 0.550 bits per heavy atom. The number of hydrogen-bond acceptors (Lipinski definition) is 0. The quantitative estimate of drug-likeness (QED) is 0.424. The summed E-state index contributed by atoms with van der Waals surface area (Å²) in [5.74, 6) is 0.297. The summed E-state index contributed by atoms with van der Waals surface area (Å²) in [7, 11) is 0. The van der Waals surface area contributed by atoms with Crippen molar-refractivity contribution in [2.24, 2.45) is 0 Å².